The second kappa shape index (κ2) is 8.47. The van der Waals surface area contributed by atoms with Crippen molar-refractivity contribution in [1.82, 2.24) is 4.98 Å². The van der Waals surface area contributed by atoms with Gasteiger partial charge in [-0.2, -0.15) is 0 Å². The fraction of sp³-hybridized carbons (Fsp3) is 0.208. The Morgan fingerprint density at radius 3 is 2.55 bits per heavy atom. The van der Waals surface area contributed by atoms with E-state index in [1.165, 1.54) is 0 Å². The smallest absolute Gasteiger partial charge is 0.346 e. The number of pyridine rings is 1. The maximum atomic E-state index is 12.9. The van der Waals surface area contributed by atoms with Gasteiger partial charge in [0.2, 0.25) is 0 Å². The number of hydrogen-bond donors (Lipinski definition) is 1. The summed E-state index contributed by atoms with van der Waals surface area (Å²) in [5, 5.41) is 3.92. The predicted molar refractivity (Wildman–Crippen MR) is 119 cm³/mol. The fourth-order valence-corrected chi connectivity index (χ4v) is 3.47. The normalized spacial score (nSPS) is 10.9. The molecular weight excluding hydrogens is 396 g/mol. The van der Waals surface area contributed by atoms with Gasteiger partial charge in [-0.3, -0.25) is 4.79 Å². The lowest BCUT2D eigenvalue weighted by Gasteiger charge is -2.13. The molecule has 0 aliphatic carbocycles. The van der Waals surface area contributed by atoms with Crippen LogP contribution < -0.4 is 20.4 Å². The summed E-state index contributed by atoms with van der Waals surface area (Å²) in [6.07, 6.45) is 0. The van der Waals surface area contributed by atoms with E-state index in [-0.39, 0.29) is 5.91 Å². The molecule has 2 aromatic heterocycles. The summed E-state index contributed by atoms with van der Waals surface area (Å²) in [5.74, 6) is 1.09. The number of nitrogens with zero attached hydrogens (tertiary/aromatic N) is 1. The molecule has 1 N–H and O–H groups in total. The van der Waals surface area contributed by atoms with Crippen LogP contribution in [0.3, 0.4) is 0 Å². The molecule has 0 aliphatic heterocycles. The highest BCUT2D eigenvalue weighted by Gasteiger charge is 2.16. The van der Waals surface area contributed by atoms with Crippen molar-refractivity contribution in [3.63, 3.8) is 0 Å². The van der Waals surface area contributed by atoms with Crippen LogP contribution in [0, 0.1) is 6.92 Å². The number of carbonyl (C=O) groups is 1. The number of aryl methyl sites for hydroxylation is 1. The van der Waals surface area contributed by atoms with E-state index in [9.17, 15) is 9.59 Å². The molecule has 31 heavy (non-hydrogen) atoms. The van der Waals surface area contributed by atoms with E-state index in [4.69, 9.17) is 13.9 Å². The van der Waals surface area contributed by atoms with E-state index < -0.39 is 5.63 Å². The van der Waals surface area contributed by atoms with Crippen LogP contribution in [-0.4, -0.2) is 24.1 Å². The molecule has 0 spiro atoms. The van der Waals surface area contributed by atoms with Crippen LogP contribution in [0.5, 0.6) is 11.5 Å². The monoisotopic (exact) mass is 418 g/mol. The largest absolute Gasteiger partial charge is 0.490 e. The topological polar surface area (TPSA) is 90.7 Å². The van der Waals surface area contributed by atoms with E-state index in [0.29, 0.717) is 63.5 Å². The minimum atomic E-state index is -0.454. The summed E-state index contributed by atoms with van der Waals surface area (Å²) < 4.78 is 16.6. The van der Waals surface area contributed by atoms with Crippen LogP contribution in [-0.2, 0) is 0 Å². The van der Waals surface area contributed by atoms with Gasteiger partial charge in [0.25, 0.3) is 5.91 Å². The van der Waals surface area contributed by atoms with Gasteiger partial charge >= 0.3 is 5.63 Å². The zero-order valence-electron chi connectivity index (χ0n) is 17.5. The van der Waals surface area contributed by atoms with Crippen molar-refractivity contribution >= 4 is 33.6 Å². The predicted octanol–water partition coefficient (Wildman–Crippen LogP) is 4.70. The van der Waals surface area contributed by atoms with Crippen LogP contribution in [0.25, 0.3) is 21.9 Å². The first kappa shape index (κ1) is 20.4. The van der Waals surface area contributed by atoms with Crippen molar-refractivity contribution in [2.75, 3.05) is 18.5 Å². The maximum Gasteiger partial charge on any atom is 0.346 e. The van der Waals surface area contributed by atoms with Gasteiger partial charge in [-0.25, -0.2) is 9.78 Å². The second-order valence-corrected chi connectivity index (χ2v) is 6.92. The Bertz CT molecular complexity index is 1340. The Labute approximate surface area is 178 Å². The fourth-order valence-electron chi connectivity index (χ4n) is 3.47. The molecule has 0 unspecified atom stereocenters. The molecule has 0 fully saturated rings. The van der Waals surface area contributed by atoms with E-state index in [1.807, 2.05) is 26.0 Å². The van der Waals surface area contributed by atoms with Crippen molar-refractivity contribution in [2.45, 2.75) is 20.8 Å². The Kier molecular flexibility index (Phi) is 5.58. The third kappa shape index (κ3) is 3.94. The highest BCUT2D eigenvalue weighted by molar-refractivity contribution is 6.07. The molecule has 7 nitrogen and oxygen atoms in total. The molecule has 0 atom stereocenters. The summed E-state index contributed by atoms with van der Waals surface area (Å²) in [7, 11) is 0. The molecule has 0 radical (unpaired) electrons. The summed E-state index contributed by atoms with van der Waals surface area (Å²) >= 11 is 0. The number of hydrogen-bond acceptors (Lipinski definition) is 6. The molecule has 4 aromatic rings. The van der Waals surface area contributed by atoms with Crippen molar-refractivity contribution in [3.8, 4) is 11.5 Å². The van der Waals surface area contributed by atoms with Gasteiger partial charge in [0.15, 0.2) is 11.5 Å². The van der Waals surface area contributed by atoms with E-state index >= 15 is 0 Å². The number of benzene rings is 2. The van der Waals surface area contributed by atoms with Crippen molar-refractivity contribution in [3.05, 3.63) is 70.1 Å². The van der Waals surface area contributed by atoms with Crippen molar-refractivity contribution in [2.24, 2.45) is 0 Å². The van der Waals surface area contributed by atoms with Crippen LogP contribution in [0.4, 0.5) is 5.82 Å². The maximum absolute atomic E-state index is 12.9. The number of fused-ring (bicyclic) bond motifs is 3. The number of para-hydroxylation sites is 1. The second-order valence-electron chi connectivity index (χ2n) is 6.92. The molecule has 4 rings (SSSR count). The lowest BCUT2D eigenvalue weighted by atomic mass is 10.1. The quantitative estimate of drug-likeness (QED) is 0.361. The average molecular weight is 418 g/mol. The van der Waals surface area contributed by atoms with Gasteiger partial charge in [-0.05, 0) is 62.7 Å². The zero-order chi connectivity index (χ0) is 22.0. The molecule has 2 aromatic carbocycles. The minimum absolute atomic E-state index is 0.345. The first-order valence-electron chi connectivity index (χ1n) is 10.1. The number of carbonyl (C=O) groups excluding carboxylic acids is 1. The standard InChI is InChI=1S/C24H22N2O5/c1-4-29-18-11-10-15(13-19(18)30-5-2)23(27)26-20-12-14(3)21-22(25-20)16-8-6-7-9-17(16)31-24(21)28/h6-13H,4-5H2,1-3H3,(H,25,26,27). The molecule has 7 heteroatoms. The van der Waals surface area contributed by atoms with Gasteiger partial charge in [-0.1, -0.05) is 12.1 Å². The van der Waals surface area contributed by atoms with Gasteiger partial charge in [-0.15, -0.1) is 0 Å². The minimum Gasteiger partial charge on any atom is -0.490 e. The lowest BCUT2D eigenvalue weighted by molar-refractivity contribution is 0.102. The van der Waals surface area contributed by atoms with E-state index in [0.717, 1.165) is 0 Å². The van der Waals surface area contributed by atoms with Gasteiger partial charge in [0.1, 0.15) is 11.4 Å². The van der Waals surface area contributed by atoms with Gasteiger partial charge in [0, 0.05) is 10.9 Å². The van der Waals surface area contributed by atoms with Crippen LogP contribution >= 0.6 is 0 Å². The first-order valence-corrected chi connectivity index (χ1v) is 10.1. The molecule has 158 valence electrons. The third-order valence-electron chi connectivity index (χ3n) is 4.81. The third-order valence-corrected chi connectivity index (χ3v) is 4.81. The summed E-state index contributed by atoms with van der Waals surface area (Å²) in [6, 6.07) is 13.9. The number of anilines is 1. The number of rotatable bonds is 6. The molecule has 1 amide bonds. The number of nitrogens with one attached hydrogen (secondary N) is 1. The first-order chi connectivity index (χ1) is 15.0. The zero-order valence-corrected chi connectivity index (χ0v) is 17.5. The summed E-state index contributed by atoms with van der Waals surface area (Å²) in [4.78, 5) is 29.9. The number of amides is 1. The molecule has 0 saturated heterocycles. The van der Waals surface area contributed by atoms with Crippen molar-refractivity contribution < 1.29 is 18.7 Å². The van der Waals surface area contributed by atoms with E-state index in [1.54, 1.807) is 43.3 Å². The molecule has 2 heterocycles. The summed E-state index contributed by atoms with van der Waals surface area (Å²) in [6.45, 7) is 6.48. The Morgan fingerprint density at radius 2 is 1.77 bits per heavy atom. The SMILES string of the molecule is CCOc1ccc(C(=O)Nc2cc(C)c3c(=O)oc4ccccc4c3n2)cc1OCC. The summed E-state index contributed by atoms with van der Waals surface area (Å²) in [5.41, 5.74) is 1.56. The molecular formula is C24H22N2O5. The van der Waals surface area contributed by atoms with Crippen LogP contribution in [0.1, 0.15) is 29.8 Å². The molecule has 0 bridgehead atoms. The Morgan fingerprint density at radius 1 is 1.03 bits per heavy atom. The highest BCUT2D eigenvalue weighted by atomic mass is 16.5. The lowest BCUT2D eigenvalue weighted by Crippen LogP contribution is -2.14. The van der Waals surface area contributed by atoms with E-state index in [2.05, 4.69) is 10.3 Å². The highest BCUT2D eigenvalue weighted by Crippen LogP contribution is 2.29. The van der Waals surface area contributed by atoms with Gasteiger partial charge < -0.3 is 19.2 Å². The van der Waals surface area contributed by atoms with Crippen LogP contribution in [0.15, 0.2) is 57.7 Å². The average Bonchev–Trinajstić information content (AvgIpc) is 2.75. The Hall–Kier alpha value is -3.87. The van der Waals surface area contributed by atoms with Gasteiger partial charge in [0.05, 0.1) is 24.1 Å². The molecule has 0 saturated carbocycles. The number of aromatic nitrogens is 1. The number of ether oxygens (including phenoxy) is 2. The van der Waals surface area contributed by atoms with Crippen LogP contribution in [0.2, 0.25) is 0 Å². The Balaban J connectivity index is 1.73. The molecule has 0 aliphatic rings. The van der Waals surface area contributed by atoms with Crippen molar-refractivity contribution in [1.29, 1.82) is 0 Å².